The minimum atomic E-state index is -0.0211. The Morgan fingerprint density at radius 2 is 2.10 bits per heavy atom. The molecule has 2 N–H and O–H groups in total. The van der Waals surface area contributed by atoms with Gasteiger partial charge >= 0.3 is 0 Å². The second kappa shape index (κ2) is 13.1. The average Bonchev–Trinajstić information content (AvgIpc) is 2.74. The molecule has 2 aromatic rings. The number of hydrogen-bond acceptors (Lipinski definition) is 5. The lowest BCUT2D eigenvalue weighted by molar-refractivity contribution is -0.121. The Kier molecular flexibility index (Phi) is 10.5. The van der Waals surface area contributed by atoms with Gasteiger partial charge in [-0.1, -0.05) is 50.6 Å². The summed E-state index contributed by atoms with van der Waals surface area (Å²) in [4.78, 5) is 21.5. The molecule has 0 aliphatic rings. The first kappa shape index (κ1) is 24.8. The van der Waals surface area contributed by atoms with Crippen LogP contribution in [-0.4, -0.2) is 29.2 Å². The van der Waals surface area contributed by atoms with Gasteiger partial charge in [-0.25, -0.2) is 0 Å². The number of hydrogen-bond donors (Lipinski definition) is 2. The summed E-state index contributed by atoms with van der Waals surface area (Å²) in [6.45, 7) is 12.8. The van der Waals surface area contributed by atoms with E-state index >= 15 is 0 Å². The maximum Gasteiger partial charge on any atom is 0.220 e. The molecule has 0 saturated heterocycles. The van der Waals surface area contributed by atoms with E-state index in [9.17, 15) is 4.79 Å². The van der Waals surface area contributed by atoms with Gasteiger partial charge in [-0.05, 0) is 66.8 Å². The van der Waals surface area contributed by atoms with Crippen LogP contribution in [0.5, 0.6) is 0 Å². The third-order valence-corrected chi connectivity index (χ3v) is 5.48. The molecule has 6 heteroatoms. The number of nitrogens with one attached hydrogen (secondary N) is 2. The summed E-state index contributed by atoms with van der Waals surface area (Å²) in [5.74, 6) is 0.529. The molecule has 0 spiro atoms. The summed E-state index contributed by atoms with van der Waals surface area (Å²) in [5, 5.41) is 4.88. The van der Waals surface area contributed by atoms with Crippen molar-refractivity contribution in [3.05, 3.63) is 71.4 Å². The van der Waals surface area contributed by atoms with E-state index in [0.29, 0.717) is 25.3 Å². The molecule has 5 nitrogen and oxygen atoms in total. The van der Waals surface area contributed by atoms with Crippen LogP contribution < -0.4 is 10.0 Å². The SMILES string of the molecule is C=CSNC[C@H](Cc1cccnc1)NC(=O)CCC(C)=Nc1ccc(C(C)C)cc1C. The first-order valence-corrected chi connectivity index (χ1v) is 11.6. The average molecular weight is 439 g/mol. The Bertz CT molecular complexity index is 880. The normalized spacial score (nSPS) is 12.6. The molecule has 0 fully saturated rings. The first-order chi connectivity index (χ1) is 14.9. The van der Waals surface area contributed by atoms with Crippen molar-refractivity contribution in [3.8, 4) is 0 Å². The molecule has 1 aromatic carbocycles. The topological polar surface area (TPSA) is 66.4 Å². The Labute approximate surface area is 191 Å². The molecular weight excluding hydrogens is 404 g/mol. The highest BCUT2D eigenvalue weighted by molar-refractivity contribution is 8.00. The zero-order valence-electron chi connectivity index (χ0n) is 19.0. The Morgan fingerprint density at radius 3 is 2.74 bits per heavy atom. The van der Waals surface area contributed by atoms with Crippen LogP contribution >= 0.6 is 11.9 Å². The van der Waals surface area contributed by atoms with E-state index in [4.69, 9.17) is 4.99 Å². The quantitative estimate of drug-likeness (QED) is 0.261. The van der Waals surface area contributed by atoms with Crippen molar-refractivity contribution in [1.82, 2.24) is 15.0 Å². The molecule has 1 heterocycles. The van der Waals surface area contributed by atoms with Gasteiger partial charge in [-0.2, -0.15) is 0 Å². The van der Waals surface area contributed by atoms with Crippen LogP contribution in [0.4, 0.5) is 5.69 Å². The first-order valence-electron chi connectivity index (χ1n) is 10.7. The minimum Gasteiger partial charge on any atom is -0.352 e. The molecular formula is C25H34N4OS. The molecule has 0 aliphatic heterocycles. The summed E-state index contributed by atoms with van der Waals surface area (Å²) in [6.07, 6.45) is 5.35. The summed E-state index contributed by atoms with van der Waals surface area (Å²) >= 11 is 1.43. The minimum absolute atomic E-state index is 0.0211. The molecule has 0 saturated carbocycles. The standard InChI is InChI=1S/C25H34N4OS/c1-6-31-27-17-23(15-21-8-7-13-26-16-21)29-25(30)12-9-20(5)28-24-11-10-22(18(2)3)14-19(24)4/h6-8,10-11,13-14,16,18,23,27H,1,9,12,15,17H2,2-5H3,(H,29,30)/t23-/m0/s1. The molecule has 1 amide bonds. The lowest BCUT2D eigenvalue weighted by atomic mass is 10.0. The third kappa shape index (κ3) is 9.07. The maximum absolute atomic E-state index is 12.6. The highest BCUT2D eigenvalue weighted by atomic mass is 32.2. The van der Waals surface area contributed by atoms with Crippen LogP contribution in [0.15, 0.2) is 59.7 Å². The van der Waals surface area contributed by atoms with Crippen LogP contribution in [-0.2, 0) is 11.2 Å². The molecule has 1 atom stereocenters. The van der Waals surface area contributed by atoms with Crippen molar-refractivity contribution >= 4 is 29.3 Å². The van der Waals surface area contributed by atoms with E-state index in [1.54, 1.807) is 11.6 Å². The summed E-state index contributed by atoms with van der Waals surface area (Å²) < 4.78 is 3.22. The monoisotopic (exact) mass is 438 g/mol. The van der Waals surface area contributed by atoms with E-state index in [0.717, 1.165) is 28.9 Å². The van der Waals surface area contributed by atoms with Crippen LogP contribution in [0.2, 0.25) is 0 Å². The zero-order valence-corrected chi connectivity index (χ0v) is 19.8. The number of aryl methyl sites for hydroxylation is 1. The largest absolute Gasteiger partial charge is 0.352 e. The number of carbonyl (C=O) groups excluding carboxylic acids is 1. The van der Waals surface area contributed by atoms with Gasteiger partial charge in [0.15, 0.2) is 0 Å². The van der Waals surface area contributed by atoms with Gasteiger partial charge < -0.3 is 5.32 Å². The molecule has 1 aromatic heterocycles. The zero-order chi connectivity index (χ0) is 22.6. The lowest BCUT2D eigenvalue weighted by Gasteiger charge is -2.19. The van der Waals surface area contributed by atoms with Crippen molar-refractivity contribution in [2.45, 2.75) is 58.9 Å². The molecule has 0 unspecified atom stereocenters. The van der Waals surface area contributed by atoms with Crippen molar-refractivity contribution in [2.75, 3.05) is 6.54 Å². The predicted molar refractivity (Wildman–Crippen MR) is 133 cm³/mol. The Morgan fingerprint density at radius 1 is 1.29 bits per heavy atom. The Balaban J connectivity index is 1.92. The number of pyridine rings is 1. The van der Waals surface area contributed by atoms with Gasteiger partial charge in [0.25, 0.3) is 0 Å². The molecule has 0 aliphatic carbocycles. The van der Waals surface area contributed by atoms with E-state index in [-0.39, 0.29) is 11.9 Å². The summed E-state index contributed by atoms with van der Waals surface area (Å²) in [5.41, 5.74) is 5.51. The van der Waals surface area contributed by atoms with Crippen molar-refractivity contribution in [1.29, 1.82) is 0 Å². The number of amides is 1. The van der Waals surface area contributed by atoms with Crippen LogP contribution in [0.3, 0.4) is 0 Å². The highest BCUT2D eigenvalue weighted by Gasteiger charge is 2.13. The van der Waals surface area contributed by atoms with E-state index in [1.165, 1.54) is 17.5 Å². The fourth-order valence-electron chi connectivity index (χ4n) is 3.20. The smallest absolute Gasteiger partial charge is 0.220 e. The van der Waals surface area contributed by atoms with Gasteiger partial charge in [-0.3, -0.25) is 19.5 Å². The van der Waals surface area contributed by atoms with Crippen molar-refractivity contribution in [2.24, 2.45) is 4.99 Å². The molecule has 31 heavy (non-hydrogen) atoms. The molecule has 0 radical (unpaired) electrons. The van der Waals surface area contributed by atoms with Crippen LogP contribution in [0.25, 0.3) is 0 Å². The van der Waals surface area contributed by atoms with E-state index in [2.05, 4.69) is 60.6 Å². The highest BCUT2D eigenvalue weighted by Crippen LogP contribution is 2.24. The maximum atomic E-state index is 12.6. The van der Waals surface area contributed by atoms with Crippen molar-refractivity contribution < 1.29 is 4.79 Å². The second-order valence-electron chi connectivity index (χ2n) is 8.01. The fourth-order valence-corrected chi connectivity index (χ4v) is 3.62. The molecule has 166 valence electrons. The van der Waals surface area contributed by atoms with Gasteiger partial charge in [0.1, 0.15) is 0 Å². The number of rotatable bonds is 12. The second-order valence-corrected chi connectivity index (χ2v) is 8.87. The predicted octanol–water partition coefficient (Wildman–Crippen LogP) is 5.49. The van der Waals surface area contributed by atoms with Crippen LogP contribution in [0, 0.1) is 6.92 Å². The summed E-state index contributed by atoms with van der Waals surface area (Å²) in [7, 11) is 0. The van der Waals surface area contributed by atoms with Gasteiger partial charge in [0.05, 0.1) is 5.69 Å². The molecule has 0 bridgehead atoms. The fraction of sp³-hybridized carbons (Fsp3) is 0.400. The van der Waals surface area contributed by atoms with E-state index < -0.39 is 0 Å². The number of aliphatic imine (C=N–C) groups is 1. The number of aromatic nitrogens is 1. The van der Waals surface area contributed by atoms with Crippen LogP contribution in [0.1, 0.15) is 56.2 Å². The molecule has 2 rings (SSSR count). The number of carbonyl (C=O) groups is 1. The summed E-state index contributed by atoms with van der Waals surface area (Å²) in [6, 6.07) is 10.3. The van der Waals surface area contributed by atoms with Crippen molar-refractivity contribution in [3.63, 3.8) is 0 Å². The number of nitrogens with zero attached hydrogens (tertiary/aromatic N) is 2. The lowest BCUT2D eigenvalue weighted by Crippen LogP contribution is -2.42. The Hall–Kier alpha value is -2.44. The van der Waals surface area contributed by atoms with Gasteiger partial charge in [0.2, 0.25) is 5.91 Å². The number of benzene rings is 1. The third-order valence-electron chi connectivity index (χ3n) is 4.98. The van der Waals surface area contributed by atoms with Gasteiger partial charge in [0, 0.05) is 37.1 Å². The van der Waals surface area contributed by atoms with Gasteiger partial charge in [-0.15, -0.1) is 0 Å². The van der Waals surface area contributed by atoms with E-state index in [1.807, 2.05) is 25.3 Å².